The van der Waals surface area contributed by atoms with Gasteiger partial charge in [0.2, 0.25) is 11.8 Å². The summed E-state index contributed by atoms with van der Waals surface area (Å²) in [4.78, 5) is 36.9. The lowest BCUT2D eigenvalue weighted by Crippen LogP contribution is -2.52. The molecule has 4 unspecified atom stereocenters. The Hall–Kier alpha value is -2.03. The minimum atomic E-state index is -2.00. The lowest BCUT2D eigenvalue weighted by molar-refractivity contribution is -0.148. The van der Waals surface area contributed by atoms with Crippen LogP contribution >= 0.6 is 0 Å². The maximum atomic E-state index is 12.6. The average Bonchev–Trinajstić information content (AvgIpc) is 3.37. The van der Waals surface area contributed by atoms with Gasteiger partial charge < -0.3 is 74.2 Å². The standard InChI is InChI=1S/C55H115N9O8/c1-44(19-8-9-20-45(2)22-16-24-47(4)27-29-51(68)63-39-40-64-55(72)54(71)53(70)52(69)49(66)43-65)21-15-23-46(3)26-28-50(67)62-38-10-6-5-7-25-48(41-60-34-13-11-32-58-36-17-30-56)42-61-35-14-12-33-59-37-18-31-57/h44-49,52-54,58-61,65-66,69-71H,5-43,56-57H2,1-4H3,(H,62,67)(H,63,68)(H,64,72)/t44?,45?,46?,47?,49-,52-,53+,54-/m1/s1. The molecule has 17 nitrogen and oxygen atoms in total. The van der Waals surface area contributed by atoms with E-state index in [-0.39, 0.29) is 24.9 Å². The van der Waals surface area contributed by atoms with Gasteiger partial charge in [0.1, 0.15) is 18.3 Å². The van der Waals surface area contributed by atoms with Gasteiger partial charge in [-0.15, -0.1) is 0 Å². The summed E-state index contributed by atoms with van der Waals surface area (Å²) < 4.78 is 0. The third-order valence-corrected chi connectivity index (χ3v) is 14.2. The fourth-order valence-electron chi connectivity index (χ4n) is 9.03. The third kappa shape index (κ3) is 43.2. The van der Waals surface area contributed by atoms with Crippen LogP contribution in [0.5, 0.6) is 0 Å². The lowest BCUT2D eigenvalue weighted by Gasteiger charge is -2.24. The van der Waals surface area contributed by atoms with E-state index >= 15 is 0 Å². The second-order valence-corrected chi connectivity index (χ2v) is 21.5. The molecule has 0 saturated heterocycles. The molecule has 0 aromatic heterocycles. The Labute approximate surface area is 438 Å². The minimum Gasteiger partial charge on any atom is -0.394 e. The van der Waals surface area contributed by atoms with Crippen molar-refractivity contribution >= 4 is 17.7 Å². The normalized spacial score (nSPS) is 15.2. The molecule has 8 atom stereocenters. The summed E-state index contributed by atoms with van der Waals surface area (Å²) in [6, 6.07) is 0. The topological polar surface area (TPSA) is 289 Å². The SMILES string of the molecule is CC(CCCCC(C)CCCC(C)CCC(=O)NCCNC(=O)[C@H](O)[C@@H](O)[C@H](O)[C@H](O)CO)CCCC(C)CCC(=O)NCCCCCCC(CNCCCCNCCCN)CNCCCCNCCCN. The predicted molar refractivity (Wildman–Crippen MR) is 295 cm³/mol. The van der Waals surface area contributed by atoms with Crippen molar-refractivity contribution in [2.75, 3.05) is 91.7 Å². The quantitative estimate of drug-likeness (QED) is 0.0384. The first kappa shape index (κ1) is 70.0. The highest BCUT2D eigenvalue weighted by molar-refractivity contribution is 5.81. The molecule has 0 aliphatic heterocycles. The molecule has 0 aliphatic rings. The van der Waals surface area contributed by atoms with Crippen molar-refractivity contribution in [2.24, 2.45) is 41.1 Å². The van der Waals surface area contributed by atoms with Crippen molar-refractivity contribution < 1.29 is 39.9 Å². The van der Waals surface area contributed by atoms with Gasteiger partial charge >= 0.3 is 0 Å². The molecule has 428 valence electrons. The van der Waals surface area contributed by atoms with Crippen LogP contribution in [0.1, 0.15) is 188 Å². The van der Waals surface area contributed by atoms with Crippen LogP contribution in [0, 0.1) is 29.6 Å². The number of aliphatic hydroxyl groups excluding tert-OH is 5. The molecule has 17 heteroatoms. The predicted octanol–water partition coefficient (Wildman–Crippen LogP) is 3.96. The number of rotatable bonds is 54. The van der Waals surface area contributed by atoms with E-state index in [2.05, 4.69) is 64.9 Å². The fraction of sp³-hybridized carbons (Fsp3) is 0.945. The molecule has 0 bridgehead atoms. The molecule has 0 fully saturated rings. The Morgan fingerprint density at radius 3 is 1.25 bits per heavy atom. The zero-order chi connectivity index (χ0) is 53.5. The van der Waals surface area contributed by atoms with Crippen molar-refractivity contribution in [3.63, 3.8) is 0 Å². The number of unbranched alkanes of at least 4 members (excludes halogenated alkanes) is 6. The molecule has 72 heavy (non-hydrogen) atoms. The van der Waals surface area contributed by atoms with Crippen LogP contribution in [-0.2, 0) is 14.4 Å². The van der Waals surface area contributed by atoms with Gasteiger partial charge in [0.15, 0.2) is 6.10 Å². The second kappa shape index (κ2) is 49.8. The van der Waals surface area contributed by atoms with Crippen LogP contribution in [0.4, 0.5) is 0 Å². The zero-order valence-electron chi connectivity index (χ0n) is 46.4. The van der Waals surface area contributed by atoms with E-state index in [1.54, 1.807) is 0 Å². The Kier molecular flexibility index (Phi) is 48.4. The molecule has 0 spiro atoms. The molecule has 0 rings (SSSR count). The van der Waals surface area contributed by atoms with Crippen molar-refractivity contribution in [1.29, 1.82) is 0 Å². The Morgan fingerprint density at radius 2 is 0.778 bits per heavy atom. The van der Waals surface area contributed by atoms with Crippen LogP contribution in [-0.4, -0.2) is 159 Å². The molecular weight excluding hydrogens is 915 g/mol. The number of carbonyl (C=O) groups excluding carboxylic acids is 3. The van der Waals surface area contributed by atoms with Gasteiger partial charge in [-0.2, -0.15) is 0 Å². The Bertz CT molecular complexity index is 1220. The number of hydrogen-bond donors (Lipinski definition) is 14. The summed E-state index contributed by atoms with van der Waals surface area (Å²) in [6.45, 7) is 19.3. The van der Waals surface area contributed by atoms with Crippen LogP contribution in [0.3, 0.4) is 0 Å². The van der Waals surface area contributed by atoms with Crippen molar-refractivity contribution in [3.8, 4) is 0 Å². The third-order valence-electron chi connectivity index (χ3n) is 14.2. The van der Waals surface area contributed by atoms with E-state index in [4.69, 9.17) is 16.6 Å². The van der Waals surface area contributed by atoms with E-state index in [0.29, 0.717) is 36.5 Å². The average molecular weight is 1030 g/mol. The number of hydrogen-bond acceptors (Lipinski definition) is 14. The first-order chi connectivity index (χ1) is 34.7. The van der Waals surface area contributed by atoms with Crippen LogP contribution in [0.2, 0.25) is 0 Å². The van der Waals surface area contributed by atoms with Gasteiger partial charge in [-0.3, -0.25) is 14.4 Å². The molecule has 0 heterocycles. The van der Waals surface area contributed by atoms with Crippen LogP contribution < -0.4 is 48.7 Å². The number of amides is 3. The largest absolute Gasteiger partial charge is 0.394 e. The van der Waals surface area contributed by atoms with Gasteiger partial charge in [-0.05, 0) is 159 Å². The van der Waals surface area contributed by atoms with Crippen molar-refractivity contribution in [3.05, 3.63) is 0 Å². The lowest BCUT2D eigenvalue weighted by atomic mass is 9.90. The smallest absolute Gasteiger partial charge is 0.251 e. The second-order valence-electron chi connectivity index (χ2n) is 21.5. The molecule has 0 radical (unpaired) electrons. The van der Waals surface area contributed by atoms with Gasteiger partial charge in [-0.1, -0.05) is 111 Å². The van der Waals surface area contributed by atoms with Crippen molar-refractivity contribution in [2.45, 2.75) is 213 Å². The molecule has 0 aliphatic carbocycles. The maximum absolute atomic E-state index is 12.6. The number of nitrogens with two attached hydrogens (primary N) is 2. The summed E-state index contributed by atoms with van der Waals surface area (Å²) in [5.74, 6) is 2.19. The summed E-state index contributed by atoms with van der Waals surface area (Å²) in [6.07, 6.45) is 20.2. The minimum absolute atomic E-state index is 0.0228. The van der Waals surface area contributed by atoms with E-state index < -0.39 is 36.9 Å². The molecule has 3 amide bonds. The van der Waals surface area contributed by atoms with Crippen LogP contribution in [0.25, 0.3) is 0 Å². The summed E-state index contributed by atoms with van der Waals surface area (Å²) in [5, 5.41) is 70.3. The summed E-state index contributed by atoms with van der Waals surface area (Å²) >= 11 is 0. The Balaban J connectivity index is 4.01. The zero-order valence-corrected chi connectivity index (χ0v) is 46.4. The number of nitrogens with one attached hydrogen (secondary N) is 7. The van der Waals surface area contributed by atoms with Gasteiger partial charge in [0.05, 0.1) is 6.61 Å². The van der Waals surface area contributed by atoms with Crippen molar-refractivity contribution in [1.82, 2.24) is 37.2 Å². The number of aliphatic hydroxyl groups is 5. The summed E-state index contributed by atoms with van der Waals surface area (Å²) in [7, 11) is 0. The molecule has 0 saturated carbocycles. The van der Waals surface area contributed by atoms with E-state index in [1.165, 1.54) is 103 Å². The summed E-state index contributed by atoms with van der Waals surface area (Å²) in [5.41, 5.74) is 11.2. The molecule has 16 N–H and O–H groups in total. The van der Waals surface area contributed by atoms with E-state index in [0.717, 1.165) is 123 Å². The van der Waals surface area contributed by atoms with Gasteiger partial charge in [0, 0.05) is 32.5 Å². The highest BCUT2D eigenvalue weighted by Crippen LogP contribution is 2.23. The molecule has 0 aromatic rings. The van der Waals surface area contributed by atoms with Gasteiger partial charge in [0.25, 0.3) is 5.91 Å². The maximum Gasteiger partial charge on any atom is 0.251 e. The van der Waals surface area contributed by atoms with Gasteiger partial charge in [-0.25, -0.2) is 0 Å². The fourth-order valence-corrected chi connectivity index (χ4v) is 9.03. The molecule has 0 aromatic carbocycles. The van der Waals surface area contributed by atoms with E-state index in [9.17, 15) is 34.8 Å². The highest BCUT2D eigenvalue weighted by Gasteiger charge is 2.34. The number of carbonyl (C=O) groups is 3. The van der Waals surface area contributed by atoms with E-state index in [1.807, 2.05) is 0 Å². The monoisotopic (exact) mass is 1030 g/mol. The van der Waals surface area contributed by atoms with Crippen LogP contribution in [0.15, 0.2) is 0 Å². The highest BCUT2D eigenvalue weighted by atomic mass is 16.4. The first-order valence-electron chi connectivity index (χ1n) is 29.1. The Morgan fingerprint density at radius 1 is 0.403 bits per heavy atom. The first-order valence-corrected chi connectivity index (χ1v) is 29.1. The molecular formula is C55H115N9O8.